The number of carbonyl (C=O) groups is 1. The van der Waals surface area contributed by atoms with Gasteiger partial charge < -0.3 is 9.80 Å². The van der Waals surface area contributed by atoms with E-state index >= 15 is 0 Å². The molecule has 0 aromatic carbocycles. The molecule has 1 atom stereocenters. The molecule has 1 amide bonds. The fourth-order valence-electron chi connectivity index (χ4n) is 4.55. The lowest BCUT2D eigenvalue weighted by Gasteiger charge is -2.37. The lowest BCUT2D eigenvalue weighted by atomic mass is 10.1. The average molecular weight is 559 g/mol. The molecule has 3 heterocycles. The normalized spacial score (nSPS) is 15.5. The average Bonchev–Trinajstić information content (AvgIpc) is 2.88. The van der Waals surface area contributed by atoms with Crippen LogP contribution in [0, 0.1) is 0 Å². The number of piperazine rings is 1. The summed E-state index contributed by atoms with van der Waals surface area (Å²) in [6.45, 7) is 8.74. The monoisotopic (exact) mass is 558 g/mol. The Hall–Kier alpha value is -3.35. The van der Waals surface area contributed by atoms with E-state index in [0.29, 0.717) is 51.9 Å². The van der Waals surface area contributed by atoms with Gasteiger partial charge in [-0.3, -0.25) is 14.5 Å². The molecule has 2 aromatic rings. The summed E-state index contributed by atoms with van der Waals surface area (Å²) in [6.07, 6.45) is -0.591. The highest BCUT2D eigenvalue weighted by atomic mass is 19.4. The molecule has 0 aliphatic carbocycles. The molecule has 2 aromatic heterocycles. The number of nitrogens with zero attached hydrogens (tertiary/aromatic N) is 5. The quantitative estimate of drug-likeness (QED) is 0.324. The fraction of sp³-hybridized carbons (Fsp3) is 0.538. The first-order valence-corrected chi connectivity index (χ1v) is 12.7. The Balaban J connectivity index is 0.00000560. The number of amides is 1. The number of H-pyrrole nitrogens is 1. The number of aromatic amines is 1. The molecule has 0 radical (unpaired) electrons. The number of alkyl halides is 5. The second kappa shape index (κ2) is 12.7. The number of carbonyl (C=O) groups excluding carboxylic acids is 1. The van der Waals surface area contributed by atoms with Crippen LogP contribution in [0.3, 0.4) is 0 Å². The van der Waals surface area contributed by atoms with Crippen LogP contribution >= 0.6 is 0 Å². The Morgan fingerprint density at radius 3 is 2.46 bits per heavy atom. The summed E-state index contributed by atoms with van der Waals surface area (Å²) in [6, 6.07) is 3.14. The zero-order valence-corrected chi connectivity index (χ0v) is 22.0. The second-order valence-corrected chi connectivity index (χ2v) is 9.61. The van der Waals surface area contributed by atoms with Gasteiger partial charge in [-0.25, -0.2) is 18.9 Å². The van der Waals surface area contributed by atoms with Crippen molar-refractivity contribution in [3.63, 3.8) is 0 Å². The van der Waals surface area contributed by atoms with Crippen molar-refractivity contribution in [2.45, 2.75) is 57.8 Å². The third-order valence-corrected chi connectivity index (χ3v) is 6.60. The highest BCUT2D eigenvalue weighted by Crippen LogP contribution is 2.29. The first-order valence-electron chi connectivity index (χ1n) is 12.7. The van der Waals surface area contributed by atoms with E-state index in [1.807, 2.05) is 16.7 Å². The maximum atomic E-state index is 13.9. The molecule has 0 saturated carbocycles. The molecule has 0 spiro atoms. The number of halogens is 5. The Morgan fingerprint density at radius 2 is 1.92 bits per heavy atom. The van der Waals surface area contributed by atoms with Gasteiger partial charge in [-0.1, -0.05) is 13.0 Å². The van der Waals surface area contributed by atoms with Crippen molar-refractivity contribution >= 4 is 11.7 Å². The summed E-state index contributed by atoms with van der Waals surface area (Å²) in [7, 11) is 0. The molecule has 0 unspecified atom stereocenters. The smallest absolute Gasteiger partial charge is 0.353 e. The van der Waals surface area contributed by atoms with Crippen LogP contribution in [0.5, 0.6) is 0 Å². The number of nitrogens with one attached hydrogen (secondary N) is 1. The summed E-state index contributed by atoms with van der Waals surface area (Å²) in [4.78, 5) is 34.5. The Bertz CT molecular complexity index is 1180. The van der Waals surface area contributed by atoms with Crippen molar-refractivity contribution in [3.8, 4) is 0 Å². The minimum Gasteiger partial charge on any atom is -0.353 e. The van der Waals surface area contributed by atoms with Crippen LogP contribution < -0.4 is 10.5 Å². The molecule has 1 aliphatic rings. The van der Waals surface area contributed by atoms with E-state index in [-0.39, 0.29) is 32.0 Å². The molecule has 8 nitrogen and oxygen atoms in total. The maximum absolute atomic E-state index is 13.9. The third kappa shape index (κ3) is 8.07. The number of hydrogen-bond donors (Lipinski definition) is 1. The predicted molar refractivity (Wildman–Crippen MR) is 138 cm³/mol. The van der Waals surface area contributed by atoms with Crippen LogP contribution in [0.15, 0.2) is 41.8 Å². The van der Waals surface area contributed by atoms with Crippen molar-refractivity contribution in [3.05, 3.63) is 64.2 Å². The highest BCUT2D eigenvalue weighted by molar-refractivity contribution is 5.77. The lowest BCUT2D eigenvalue weighted by molar-refractivity contribution is -0.138. The summed E-state index contributed by atoms with van der Waals surface area (Å²) in [5.41, 5.74) is -2.17. The predicted octanol–water partition coefficient (Wildman–Crippen LogP) is 4.44. The number of aromatic nitrogens is 3. The summed E-state index contributed by atoms with van der Waals surface area (Å²) >= 11 is 0. The van der Waals surface area contributed by atoms with E-state index in [2.05, 4.69) is 21.8 Å². The van der Waals surface area contributed by atoms with Crippen molar-refractivity contribution in [2.75, 3.05) is 37.6 Å². The molecule has 0 bridgehead atoms. The zero-order valence-electron chi connectivity index (χ0n) is 22.0. The van der Waals surface area contributed by atoms with Crippen LogP contribution in [0.4, 0.5) is 27.8 Å². The topological polar surface area (TPSA) is 85.4 Å². The molecular formula is C26H35F5N6O2. The molecule has 216 valence electrons. The highest BCUT2D eigenvalue weighted by Gasteiger charge is 2.32. The van der Waals surface area contributed by atoms with Crippen molar-refractivity contribution < 1.29 is 28.2 Å². The molecule has 1 N–H and O–H groups in total. The van der Waals surface area contributed by atoms with Gasteiger partial charge in [0.25, 0.3) is 11.5 Å². The number of hydrogen-bond acceptors (Lipinski definition) is 6. The molecule has 39 heavy (non-hydrogen) atoms. The molecular weight excluding hydrogens is 523 g/mol. The first-order chi connectivity index (χ1) is 18.3. The van der Waals surface area contributed by atoms with Crippen molar-refractivity contribution in [2.24, 2.45) is 0 Å². The van der Waals surface area contributed by atoms with E-state index in [4.69, 9.17) is 0 Å². The zero-order chi connectivity index (χ0) is 28.8. The van der Waals surface area contributed by atoms with Crippen LogP contribution in [0.2, 0.25) is 0 Å². The van der Waals surface area contributed by atoms with Gasteiger partial charge in [-0.2, -0.15) is 18.3 Å². The van der Waals surface area contributed by atoms with Crippen molar-refractivity contribution in [1.82, 2.24) is 25.0 Å². The standard InChI is InChI=1S/C26H33F5N6O2.H2/c1-4-6-20(37(9-5-2)17-19-14-21(25(3,27)28)24(39)34-33-19)15-23(38)36-12-10-35(11-13-36)22-8-7-18(16-32-22)26(29,30)31;/h4,7-8,14,16,20H,1,5-6,9-13,15,17H2,2-3H3,(H,34,39);1H/t20-;/m0./s1. The van der Waals surface area contributed by atoms with Gasteiger partial charge >= 0.3 is 6.18 Å². The minimum atomic E-state index is -4.46. The number of pyridine rings is 1. The largest absolute Gasteiger partial charge is 0.417 e. The summed E-state index contributed by atoms with van der Waals surface area (Å²) in [5.74, 6) is -3.01. The fourth-order valence-corrected chi connectivity index (χ4v) is 4.55. The molecule has 3 rings (SSSR count). The van der Waals surface area contributed by atoms with Crippen LogP contribution in [0.25, 0.3) is 0 Å². The molecule has 1 aliphatic heterocycles. The van der Waals surface area contributed by atoms with Gasteiger partial charge in [-0.15, -0.1) is 6.58 Å². The van der Waals surface area contributed by atoms with E-state index in [1.165, 1.54) is 6.07 Å². The van der Waals surface area contributed by atoms with E-state index in [0.717, 1.165) is 24.8 Å². The summed E-state index contributed by atoms with van der Waals surface area (Å²) in [5, 5.41) is 6.08. The summed E-state index contributed by atoms with van der Waals surface area (Å²) < 4.78 is 66.2. The van der Waals surface area contributed by atoms with E-state index in [9.17, 15) is 31.5 Å². The van der Waals surface area contributed by atoms with Gasteiger partial charge in [0.2, 0.25) is 5.91 Å². The molecule has 1 fully saturated rings. The number of rotatable bonds is 11. The maximum Gasteiger partial charge on any atom is 0.417 e. The molecule has 1 saturated heterocycles. The van der Waals surface area contributed by atoms with Gasteiger partial charge in [0.05, 0.1) is 16.8 Å². The van der Waals surface area contributed by atoms with E-state index in [1.54, 1.807) is 11.0 Å². The van der Waals surface area contributed by atoms with Crippen LogP contribution in [-0.4, -0.2) is 69.7 Å². The van der Waals surface area contributed by atoms with Crippen molar-refractivity contribution in [1.29, 1.82) is 0 Å². The third-order valence-electron chi connectivity index (χ3n) is 6.60. The van der Waals surface area contributed by atoms with Crippen LogP contribution in [0.1, 0.15) is 51.4 Å². The van der Waals surface area contributed by atoms with Gasteiger partial charge in [0.1, 0.15) is 5.82 Å². The first kappa shape index (κ1) is 30.2. The minimum absolute atomic E-state index is 0. The number of anilines is 1. The molecule has 13 heteroatoms. The Kier molecular flexibility index (Phi) is 9.81. The van der Waals surface area contributed by atoms with Gasteiger partial charge in [0.15, 0.2) is 0 Å². The van der Waals surface area contributed by atoms with E-state index < -0.39 is 28.8 Å². The van der Waals surface area contributed by atoms with Crippen LogP contribution in [-0.2, 0) is 23.4 Å². The Morgan fingerprint density at radius 1 is 1.23 bits per heavy atom. The van der Waals surface area contributed by atoms with Gasteiger partial charge in [-0.05, 0) is 37.6 Å². The second-order valence-electron chi connectivity index (χ2n) is 9.61. The SMILES string of the molecule is C=CC[C@@H](CC(=O)N1CCN(c2ccc(C(F)(F)F)cn2)CC1)N(CCC)Cc1cc(C(C)(F)F)c(=O)[nH]n1.[HH]. The van der Waals surface area contributed by atoms with Gasteiger partial charge in [0, 0.05) is 59.7 Å². The Labute approximate surface area is 225 Å². The lowest BCUT2D eigenvalue weighted by Crippen LogP contribution is -2.50.